The van der Waals surface area contributed by atoms with E-state index < -0.39 is 29.5 Å². The lowest BCUT2D eigenvalue weighted by atomic mass is 10.0. The van der Waals surface area contributed by atoms with Crippen LogP contribution in [0.5, 0.6) is 5.75 Å². The molecular formula is C22H17F4N3O3. The maximum absolute atomic E-state index is 14.9. The molecule has 2 aliphatic rings. The van der Waals surface area contributed by atoms with Crippen molar-refractivity contribution in [2.45, 2.75) is 25.4 Å². The Morgan fingerprint density at radius 3 is 2.69 bits per heavy atom. The number of carbonyl (C=O) groups excluding carboxylic acids is 1. The zero-order valence-corrected chi connectivity index (χ0v) is 16.8. The number of likely N-dealkylation sites (N-methyl/N-ethyl adjacent to an activating group) is 1. The van der Waals surface area contributed by atoms with Crippen LogP contribution in [0.3, 0.4) is 0 Å². The molecule has 0 aliphatic carbocycles. The molecule has 0 fully saturated rings. The number of aromatic nitrogens is 1. The number of nitrogens with two attached hydrogens (primary N) is 1. The summed E-state index contributed by atoms with van der Waals surface area (Å²) in [4.78, 5) is 18.7. The first-order valence-electron chi connectivity index (χ1n) is 9.74. The van der Waals surface area contributed by atoms with Gasteiger partial charge < -0.3 is 20.1 Å². The van der Waals surface area contributed by atoms with Crippen LogP contribution in [0.1, 0.15) is 38.7 Å². The lowest BCUT2D eigenvalue weighted by Crippen LogP contribution is -2.32. The number of nitrogen functional groups attached to an aromatic ring is 1. The third-order valence-electron chi connectivity index (χ3n) is 5.93. The van der Waals surface area contributed by atoms with Gasteiger partial charge in [0.1, 0.15) is 24.0 Å². The molecule has 166 valence electrons. The average molecular weight is 447 g/mol. The molecule has 1 amide bonds. The number of pyridine rings is 1. The maximum atomic E-state index is 14.9. The molecule has 1 aromatic heterocycles. The number of benzene rings is 2. The maximum Gasteiger partial charge on any atom is 0.416 e. The van der Waals surface area contributed by atoms with Crippen molar-refractivity contribution in [3.8, 4) is 5.75 Å². The smallest absolute Gasteiger partial charge is 0.416 e. The summed E-state index contributed by atoms with van der Waals surface area (Å²) in [5.74, 6) is -1.08. The van der Waals surface area contributed by atoms with Gasteiger partial charge >= 0.3 is 6.18 Å². The first-order chi connectivity index (χ1) is 15.1. The van der Waals surface area contributed by atoms with Gasteiger partial charge in [-0.1, -0.05) is 6.07 Å². The van der Waals surface area contributed by atoms with E-state index in [0.29, 0.717) is 23.1 Å². The molecule has 0 unspecified atom stereocenters. The van der Waals surface area contributed by atoms with Gasteiger partial charge in [-0.2, -0.15) is 13.2 Å². The van der Waals surface area contributed by atoms with E-state index in [1.54, 1.807) is 0 Å². The van der Waals surface area contributed by atoms with Crippen LogP contribution in [0.4, 0.5) is 23.4 Å². The van der Waals surface area contributed by atoms with Crippen molar-refractivity contribution in [1.82, 2.24) is 9.88 Å². The fourth-order valence-electron chi connectivity index (χ4n) is 4.18. The molecule has 0 bridgehead atoms. The highest BCUT2D eigenvalue weighted by Gasteiger charge is 2.36. The minimum atomic E-state index is -4.51. The summed E-state index contributed by atoms with van der Waals surface area (Å²) >= 11 is 0. The highest BCUT2D eigenvalue weighted by atomic mass is 19.4. The number of fused-ring (bicyclic) bond motifs is 4. The van der Waals surface area contributed by atoms with E-state index in [-0.39, 0.29) is 30.3 Å². The van der Waals surface area contributed by atoms with Gasteiger partial charge in [0.15, 0.2) is 0 Å². The van der Waals surface area contributed by atoms with E-state index >= 15 is 0 Å². The second-order valence-corrected chi connectivity index (χ2v) is 7.79. The molecule has 0 saturated carbocycles. The largest absolute Gasteiger partial charge is 0.491 e. The number of hydrogen-bond donors (Lipinski definition) is 1. The second kappa shape index (κ2) is 7.06. The fraction of sp³-hybridized carbons (Fsp3) is 0.273. The van der Waals surface area contributed by atoms with E-state index in [2.05, 4.69) is 4.98 Å². The van der Waals surface area contributed by atoms with Gasteiger partial charge in [0.05, 0.1) is 35.9 Å². The van der Waals surface area contributed by atoms with Gasteiger partial charge in [-0.3, -0.25) is 4.79 Å². The van der Waals surface area contributed by atoms with E-state index in [1.807, 2.05) is 0 Å². The first kappa shape index (κ1) is 20.5. The monoisotopic (exact) mass is 447 g/mol. The highest BCUT2D eigenvalue weighted by molar-refractivity contribution is 5.99. The first-order valence-corrected chi connectivity index (χ1v) is 9.74. The summed E-state index contributed by atoms with van der Waals surface area (Å²) in [5, 5.41) is 0.572. The third kappa shape index (κ3) is 3.13. The Balaban J connectivity index is 1.50. The average Bonchev–Trinajstić information content (AvgIpc) is 3.39. The molecule has 2 aromatic carbocycles. The summed E-state index contributed by atoms with van der Waals surface area (Å²) in [6, 6.07) is 5.05. The number of amides is 1. The van der Waals surface area contributed by atoms with Crippen molar-refractivity contribution in [2.75, 3.05) is 19.4 Å². The lowest BCUT2D eigenvalue weighted by Gasteiger charge is -2.24. The molecule has 0 radical (unpaired) electrons. The number of ether oxygens (including phenoxy) is 2. The van der Waals surface area contributed by atoms with E-state index in [1.165, 1.54) is 24.1 Å². The fourth-order valence-corrected chi connectivity index (χ4v) is 4.18. The molecular weight excluding hydrogens is 430 g/mol. The van der Waals surface area contributed by atoms with Crippen molar-refractivity contribution in [3.63, 3.8) is 0 Å². The van der Waals surface area contributed by atoms with Crippen molar-refractivity contribution in [2.24, 2.45) is 0 Å². The Kier molecular flexibility index (Phi) is 4.52. The van der Waals surface area contributed by atoms with E-state index in [4.69, 9.17) is 15.2 Å². The van der Waals surface area contributed by atoms with Crippen LogP contribution in [0.25, 0.3) is 10.9 Å². The van der Waals surface area contributed by atoms with Crippen LogP contribution in [-0.2, 0) is 24.1 Å². The van der Waals surface area contributed by atoms with Crippen LogP contribution >= 0.6 is 0 Å². The van der Waals surface area contributed by atoms with E-state index in [9.17, 15) is 22.4 Å². The zero-order valence-electron chi connectivity index (χ0n) is 16.8. The number of alkyl halides is 3. The van der Waals surface area contributed by atoms with Gasteiger partial charge in [-0.25, -0.2) is 9.37 Å². The van der Waals surface area contributed by atoms with Gasteiger partial charge in [0.25, 0.3) is 5.91 Å². The Labute approximate surface area is 179 Å². The number of halogens is 4. The Hall–Kier alpha value is -3.40. The van der Waals surface area contributed by atoms with Crippen LogP contribution in [0, 0.1) is 5.82 Å². The van der Waals surface area contributed by atoms with Gasteiger partial charge in [-0.15, -0.1) is 0 Å². The van der Waals surface area contributed by atoms with Gasteiger partial charge in [0, 0.05) is 29.6 Å². The molecule has 0 spiro atoms. The van der Waals surface area contributed by atoms with Crippen LogP contribution in [-0.4, -0.2) is 29.4 Å². The predicted molar refractivity (Wildman–Crippen MR) is 106 cm³/mol. The summed E-state index contributed by atoms with van der Waals surface area (Å²) < 4.78 is 64.6. The van der Waals surface area contributed by atoms with Crippen LogP contribution < -0.4 is 10.5 Å². The zero-order chi connectivity index (χ0) is 22.8. The quantitative estimate of drug-likeness (QED) is 0.596. The second-order valence-electron chi connectivity index (χ2n) is 7.79. The number of anilines is 1. The Morgan fingerprint density at radius 1 is 1.19 bits per heavy atom. The molecule has 6 nitrogen and oxygen atoms in total. The van der Waals surface area contributed by atoms with Crippen molar-refractivity contribution < 1.29 is 31.8 Å². The topological polar surface area (TPSA) is 77.7 Å². The van der Waals surface area contributed by atoms with Crippen molar-refractivity contribution >= 4 is 22.6 Å². The summed E-state index contributed by atoms with van der Waals surface area (Å²) in [6.07, 6.45) is -4.51. The predicted octanol–water partition coefficient (Wildman–Crippen LogP) is 4.21. The Bertz CT molecular complexity index is 1280. The van der Waals surface area contributed by atoms with Crippen LogP contribution in [0.2, 0.25) is 0 Å². The summed E-state index contributed by atoms with van der Waals surface area (Å²) in [7, 11) is 1.46. The minimum Gasteiger partial charge on any atom is -0.491 e. The number of rotatable bonds is 2. The SMILES string of the molecule is CN(C(=O)c1cc2c3c(c(N)nc2cc1F)COC3)[C@H]1COc2cc(C(F)(F)F)ccc21. The Morgan fingerprint density at radius 2 is 1.94 bits per heavy atom. The molecule has 3 aromatic rings. The number of nitrogens with zero attached hydrogens (tertiary/aromatic N) is 2. The molecule has 10 heteroatoms. The van der Waals surface area contributed by atoms with Crippen molar-refractivity contribution in [3.05, 3.63) is 64.0 Å². The molecule has 3 heterocycles. The normalized spacial score (nSPS) is 17.2. The molecule has 5 rings (SSSR count). The molecule has 2 N–H and O–H groups in total. The molecule has 2 aliphatic heterocycles. The van der Waals surface area contributed by atoms with Crippen LogP contribution in [0.15, 0.2) is 30.3 Å². The molecule has 32 heavy (non-hydrogen) atoms. The number of hydrogen-bond acceptors (Lipinski definition) is 5. The molecule has 0 saturated heterocycles. The van der Waals surface area contributed by atoms with Gasteiger partial charge in [-0.05, 0) is 23.8 Å². The lowest BCUT2D eigenvalue weighted by molar-refractivity contribution is -0.137. The van der Waals surface area contributed by atoms with Gasteiger partial charge in [0.2, 0.25) is 0 Å². The summed E-state index contributed by atoms with van der Waals surface area (Å²) in [6.45, 7) is 0.537. The standard InChI is InChI=1S/C22H17F4N3O3/c1-29(18-9-32-19-4-10(22(24,25)26)2-3-11(18)19)21(30)13-5-12-14-7-31-8-15(14)20(27)28-17(12)6-16(13)23/h2-6,18H,7-9H2,1H3,(H2,27,28)/t18-/m0/s1. The van der Waals surface area contributed by atoms with Crippen molar-refractivity contribution in [1.29, 1.82) is 0 Å². The van der Waals surface area contributed by atoms with E-state index in [0.717, 1.165) is 29.3 Å². The highest BCUT2D eigenvalue weighted by Crippen LogP contribution is 2.41. The molecule has 1 atom stereocenters. The third-order valence-corrected chi connectivity index (χ3v) is 5.93. The summed E-state index contributed by atoms with van der Waals surface area (Å²) in [5.41, 5.74) is 7.13. The number of carbonyl (C=O) groups is 1. The minimum absolute atomic E-state index is 0.0323.